The number of benzene rings is 1. The number of nitrogens with one attached hydrogen (secondary N) is 1. The smallest absolute Gasteiger partial charge is 0.123 e. The van der Waals surface area contributed by atoms with Crippen LogP contribution >= 0.6 is 12.4 Å². The second-order valence-corrected chi connectivity index (χ2v) is 4.36. The van der Waals surface area contributed by atoms with E-state index in [0.29, 0.717) is 12.5 Å². The van der Waals surface area contributed by atoms with Gasteiger partial charge in [0, 0.05) is 6.54 Å². The first-order valence-corrected chi connectivity index (χ1v) is 5.87. The van der Waals surface area contributed by atoms with Gasteiger partial charge in [0.1, 0.15) is 5.82 Å². The standard InChI is InChI=1S/C13H18FNO.ClH/c14-13-5-1-3-11(7-13)9-16-10-12-4-2-6-15-8-12;/h1,3,5,7,12,15H,2,4,6,8-10H2;1H. The summed E-state index contributed by atoms with van der Waals surface area (Å²) < 4.78 is 18.5. The van der Waals surface area contributed by atoms with E-state index in [0.717, 1.165) is 25.3 Å². The quantitative estimate of drug-likeness (QED) is 0.898. The van der Waals surface area contributed by atoms with E-state index in [-0.39, 0.29) is 18.2 Å². The fourth-order valence-corrected chi connectivity index (χ4v) is 2.04. The molecule has 2 rings (SSSR count). The lowest BCUT2D eigenvalue weighted by atomic mass is 10.0. The molecule has 17 heavy (non-hydrogen) atoms. The van der Waals surface area contributed by atoms with Crippen molar-refractivity contribution in [1.82, 2.24) is 5.32 Å². The van der Waals surface area contributed by atoms with Gasteiger partial charge in [-0.3, -0.25) is 0 Å². The number of piperidine rings is 1. The van der Waals surface area contributed by atoms with E-state index in [2.05, 4.69) is 5.32 Å². The van der Waals surface area contributed by atoms with Crippen LogP contribution in [0.5, 0.6) is 0 Å². The number of rotatable bonds is 4. The number of halogens is 2. The van der Waals surface area contributed by atoms with Gasteiger partial charge in [-0.2, -0.15) is 0 Å². The van der Waals surface area contributed by atoms with Crippen LogP contribution in [0.2, 0.25) is 0 Å². The molecule has 0 aliphatic carbocycles. The lowest BCUT2D eigenvalue weighted by Crippen LogP contribution is -2.32. The van der Waals surface area contributed by atoms with Gasteiger partial charge in [-0.1, -0.05) is 12.1 Å². The van der Waals surface area contributed by atoms with E-state index in [1.165, 1.54) is 25.0 Å². The summed E-state index contributed by atoms with van der Waals surface area (Å²) in [6.45, 7) is 3.45. The second-order valence-electron chi connectivity index (χ2n) is 4.36. The zero-order valence-corrected chi connectivity index (χ0v) is 10.6. The Morgan fingerprint density at radius 3 is 3.00 bits per heavy atom. The first-order valence-electron chi connectivity index (χ1n) is 5.87. The Morgan fingerprint density at radius 1 is 1.41 bits per heavy atom. The normalized spacial score (nSPS) is 19.7. The van der Waals surface area contributed by atoms with Gasteiger partial charge in [0.15, 0.2) is 0 Å². The highest BCUT2D eigenvalue weighted by molar-refractivity contribution is 5.85. The fourth-order valence-electron chi connectivity index (χ4n) is 2.04. The molecule has 1 saturated heterocycles. The monoisotopic (exact) mass is 259 g/mol. The second kappa shape index (κ2) is 7.64. The zero-order chi connectivity index (χ0) is 11.2. The summed E-state index contributed by atoms with van der Waals surface area (Å²) in [6.07, 6.45) is 2.46. The van der Waals surface area contributed by atoms with Gasteiger partial charge in [0.2, 0.25) is 0 Å². The maximum absolute atomic E-state index is 12.9. The summed E-state index contributed by atoms with van der Waals surface area (Å²) in [6, 6.07) is 6.59. The van der Waals surface area contributed by atoms with Gasteiger partial charge >= 0.3 is 0 Å². The highest BCUT2D eigenvalue weighted by Crippen LogP contribution is 2.11. The Hall–Kier alpha value is -0.640. The summed E-state index contributed by atoms with van der Waals surface area (Å²) in [5.74, 6) is 0.419. The predicted octanol–water partition coefficient (Wildman–Crippen LogP) is 2.76. The third-order valence-corrected chi connectivity index (χ3v) is 2.91. The molecule has 1 aromatic rings. The third kappa shape index (κ3) is 5.02. The largest absolute Gasteiger partial charge is 0.376 e. The molecule has 0 aromatic heterocycles. The van der Waals surface area contributed by atoms with Gasteiger partial charge in [0.05, 0.1) is 13.2 Å². The van der Waals surface area contributed by atoms with Crippen LogP contribution in [-0.2, 0) is 11.3 Å². The molecule has 2 nitrogen and oxygen atoms in total. The van der Waals surface area contributed by atoms with Crippen LogP contribution in [0, 0.1) is 11.7 Å². The lowest BCUT2D eigenvalue weighted by Gasteiger charge is -2.22. The Bertz CT molecular complexity index is 329. The molecule has 0 saturated carbocycles. The zero-order valence-electron chi connectivity index (χ0n) is 9.82. The van der Waals surface area contributed by atoms with Crippen molar-refractivity contribution < 1.29 is 9.13 Å². The summed E-state index contributed by atoms with van der Waals surface area (Å²) in [5, 5.41) is 3.35. The van der Waals surface area contributed by atoms with Crippen LogP contribution in [0.25, 0.3) is 0 Å². The van der Waals surface area contributed by atoms with Gasteiger partial charge in [0.25, 0.3) is 0 Å². The first-order chi connectivity index (χ1) is 7.84. The topological polar surface area (TPSA) is 21.3 Å². The van der Waals surface area contributed by atoms with Gasteiger partial charge < -0.3 is 10.1 Å². The minimum Gasteiger partial charge on any atom is -0.376 e. The van der Waals surface area contributed by atoms with Crippen LogP contribution in [0.15, 0.2) is 24.3 Å². The van der Waals surface area contributed by atoms with Crippen LogP contribution in [-0.4, -0.2) is 19.7 Å². The van der Waals surface area contributed by atoms with Crippen molar-refractivity contribution in [2.24, 2.45) is 5.92 Å². The van der Waals surface area contributed by atoms with Crippen LogP contribution < -0.4 is 5.32 Å². The predicted molar refractivity (Wildman–Crippen MR) is 68.9 cm³/mol. The Kier molecular flexibility index (Phi) is 6.48. The molecular formula is C13H19ClFNO. The molecule has 96 valence electrons. The van der Waals surface area contributed by atoms with Gasteiger partial charge in [-0.25, -0.2) is 4.39 Å². The van der Waals surface area contributed by atoms with E-state index >= 15 is 0 Å². The summed E-state index contributed by atoms with van der Waals surface area (Å²) in [4.78, 5) is 0. The van der Waals surface area contributed by atoms with E-state index < -0.39 is 0 Å². The maximum atomic E-state index is 12.9. The van der Waals surface area contributed by atoms with Crippen molar-refractivity contribution >= 4 is 12.4 Å². The summed E-state index contributed by atoms with van der Waals surface area (Å²) >= 11 is 0. The minimum atomic E-state index is -0.194. The Morgan fingerprint density at radius 2 is 2.29 bits per heavy atom. The molecular weight excluding hydrogens is 241 g/mol. The molecule has 1 fully saturated rings. The third-order valence-electron chi connectivity index (χ3n) is 2.91. The van der Waals surface area contributed by atoms with Crippen molar-refractivity contribution in [3.63, 3.8) is 0 Å². The molecule has 1 unspecified atom stereocenters. The molecule has 4 heteroatoms. The van der Waals surface area contributed by atoms with Crippen molar-refractivity contribution in [3.05, 3.63) is 35.6 Å². The van der Waals surface area contributed by atoms with Crippen molar-refractivity contribution in [3.8, 4) is 0 Å². The molecule has 0 spiro atoms. The lowest BCUT2D eigenvalue weighted by molar-refractivity contribution is 0.0781. The number of hydrogen-bond donors (Lipinski definition) is 1. The average molecular weight is 260 g/mol. The van der Waals surface area contributed by atoms with Crippen molar-refractivity contribution in [2.45, 2.75) is 19.4 Å². The fraction of sp³-hybridized carbons (Fsp3) is 0.538. The molecule has 1 N–H and O–H groups in total. The number of ether oxygens (including phenoxy) is 1. The average Bonchev–Trinajstić information content (AvgIpc) is 2.30. The molecule has 0 bridgehead atoms. The maximum Gasteiger partial charge on any atom is 0.123 e. The summed E-state index contributed by atoms with van der Waals surface area (Å²) in [7, 11) is 0. The molecule has 1 aromatic carbocycles. The molecule has 1 atom stereocenters. The highest BCUT2D eigenvalue weighted by Gasteiger charge is 2.12. The Labute approximate surface area is 108 Å². The highest BCUT2D eigenvalue weighted by atomic mass is 35.5. The molecule has 1 heterocycles. The summed E-state index contributed by atoms with van der Waals surface area (Å²) in [5.41, 5.74) is 0.906. The van der Waals surface area contributed by atoms with Crippen molar-refractivity contribution in [2.75, 3.05) is 19.7 Å². The minimum absolute atomic E-state index is 0. The van der Waals surface area contributed by atoms with Crippen molar-refractivity contribution in [1.29, 1.82) is 0 Å². The van der Waals surface area contributed by atoms with Gasteiger partial charge in [-0.05, 0) is 43.0 Å². The SMILES string of the molecule is Cl.Fc1cccc(COCC2CCCNC2)c1. The van der Waals surface area contributed by atoms with Crippen LogP contribution in [0.1, 0.15) is 18.4 Å². The van der Waals surface area contributed by atoms with Crippen LogP contribution in [0.3, 0.4) is 0 Å². The van der Waals surface area contributed by atoms with Gasteiger partial charge in [-0.15, -0.1) is 12.4 Å². The van der Waals surface area contributed by atoms with E-state index in [9.17, 15) is 4.39 Å². The molecule has 0 radical (unpaired) electrons. The van der Waals surface area contributed by atoms with E-state index in [1.807, 2.05) is 6.07 Å². The van der Waals surface area contributed by atoms with E-state index in [1.54, 1.807) is 6.07 Å². The van der Waals surface area contributed by atoms with E-state index in [4.69, 9.17) is 4.74 Å². The number of hydrogen-bond acceptors (Lipinski definition) is 2. The molecule has 1 aliphatic heterocycles. The first kappa shape index (κ1) is 14.4. The Balaban J connectivity index is 0.00000144. The molecule has 1 aliphatic rings. The van der Waals surface area contributed by atoms with Crippen LogP contribution in [0.4, 0.5) is 4.39 Å². The molecule has 0 amide bonds.